The van der Waals surface area contributed by atoms with Gasteiger partial charge in [0, 0.05) is 36.1 Å². The number of pyridine rings is 2. The van der Waals surface area contributed by atoms with E-state index in [1.165, 1.54) is 0 Å². The van der Waals surface area contributed by atoms with Crippen molar-refractivity contribution in [3.05, 3.63) is 58.8 Å². The minimum absolute atomic E-state index is 0.502. The maximum Gasteiger partial charge on any atom is 0.112 e. The summed E-state index contributed by atoms with van der Waals surface area (Å²) in [6.07, 6.45) is 3.59. The first-order chi connectivity index (χ1) is 10.2. The third-order valence-electron chi connectivity index (χ3n) is 3.46. The molecule has 0 aliphatic heterocycles. The van der Waals surface area contributed by atoms with Crippen LogP contribution in [0.2, 0.25) is 0 Å². The third-order valence-corrected chi connectivity index (χ3v) is 3.89. The SMILES string of the molecule is CN(c1ccccc1CN)c1ccnc2cc(Br)cnc12. The van der Waals surface area contributed by atoms with Gasteiger partial charge in [-0.05, 0) is 39.7 Å². The van der Waals surface area contributed by atoms with Gasteiger partial charge in [-0.3, -0.25) is 9.97 Å². The van der Waals surface area contributed by atoms with Crippen molar-refractivity contribution in [2.45, 2.75) is 6.54 Å². The highest BCUT2D eigenvalue weighted by molar-refractivity contribution is 9.10. The number of halogens is 1. The Kier molecular flexibility index (Phi) is 3.86. The van der Waals surface area contributed by atoms with Crippen LogP contribution in [0, 0.1) is 0 Å². The standard InChI is InChI=1S/C16H15BrN4/c1-21(14-5-3-2-4-11(14)9-18)15-6-7-19-13-8-12(17)10-20-16(13)15/h2-8,10H,9,18H2,1H3. The summed E-state index contributed by atoms with van der Waals surface area (Å²) in [5, 5.41) is 0. The molecule has 0 saturated carbocycles. The topological polar surface area (TPSA) is 55.0 Å². The predicted molar refractivity (Wildman–Crippen MR) is 89.6 cm³/mol. The molecule has 3 aromatic rings. The van der Waals surface area contributed by atoms with Gasteiger partial charge in [0.25, 0.3) is 0 Å². The van der Waals surface area contributed by atoms with Crippen LogP contribution in [0.3, 0.4) is 0 Å². The van der Waals surface area contributed by atoms with Crippen molar-refractivity contribution in [2.24, 2.45) is 5.73 Å². The molecule has 2 aromatic heterocycles. The summed E-state index contributed by atoms with van der Waals surface area (Å²) < 4.78 is 0.921. The van der Waals surface area contributed by atoms with Crippen LogP contribution >= 0.6 is 15.9 Å². The van der Waals surface area contributed by atoms with E-state index in [1.54, 1.807) is 12.4 Å². The summed E-state index contributed by atoms with van der Waals surface area (Å²) in [6.45, 7) is 0.502. The summed E-state index contributed by atoms with van der Waals surface area (Å²) in [7, 11) is 2.02. The second-order valence-electron chi connectivity index (χ2n) is 4.74. The second-order valence-corrected chi connectivity index (χ2v) is 5.66. The molecular weight excluding hydrogens is 328 g/mol. The number of hydrogen-bond donors (Lipinski definition) is 1. The van der Waals surface area contributed by atoms with E-state index in [1.807, 2.05) is 37.4 Å². The highest BCUT2D eigenvalue weighted by Gasteiger charge is 2.12. The van der Waals surface area contributed by atoms with Gasteiger partial charge in [-0.15, -0.1) is 0 Å². The zero-order valence-corrected chi connectivity index (χ0v) is 13.2. The predicted octanol–water partition coefficient (Wildman–Crippen LogP) is 3.62. The fraction of sp³-hybridized carbons (Fsp3) is 0.125. The van der Waals surface area contributed by atoms with Gasteiger partial charge in [-0.1, -0.05) is 18.2 Å². The number of anilines is 2. The molecule has 4 nitrogen and oxygen atoms in total. The first kappa shape index (κ1) is 14.0. The zero-order chi connectivity index (χ0) is 14.8. The smallest absolute Gasteiger partial charge is 0.112 e. The van der Waals surface area contributed by atoms with Gasteiger partial charge in [0.15, 0.2) is 0 Å². The molecule has 0 bridgehead atoms. The Hall–Kier alpha value is -1.98. The fourth-order valence-corrected chi connectivity index (χ4v) is 2.72. The van der Waals surface area contributed by atoms with Crippen molar-refractivity contribution in [1.29, 1.82) is 0 Å². The number of nitrogens with zero attached hydrogens (tertiary/aromatic N) is 3. The van der Waals surface area contributed by atoms with E-state index in [2.05, 4.69) is 36.9 Å². The Labute approximate surface area is 131 Å². The van der Waals surface area contributed by atoms with E-state index < -0.39 is 0 Å². The minimum atomic E-state index is 0.502. The van der Waals surface area contributed by atoms with Gasteiger partial charge in [0.05, 0.1) is 11.2 Å². The summed E-state index contributed by atoms with van der Waals surface area (Å²) in [6, 6.07) is 12.1. The van der Waals surface area contributed by atoms with Gasteiger partial charge in [-0.25, -0.2) is 0 Å². The second kappa shape index (κ2) is 5.79. The highest BCUT2D eigenvalue weighted by atomic mass is 79.9. The molecule has 0 spiro atoms. The summed E-state index contributed by atoms with van der Waals surface area (Å²) >= 11 is 3.43. The number of aromatic nitrogens is 2. The van der Waals surface area contributed by atoms with Gasteiger partial charge in [0.2, 0.25) is 0 Å². The molecule has 0 saturated heterocycles. The fourth-order valence-electron chi connectivity index (χ4n) is 2.40. The zero-order valence-electron chi connectivity index (χ0n) is 11.6. The lowest BCUT2D eigenvalue weighted by Crippen LogP contribution is -2.14. The van der Waals surface area contributed by atoms with Crippen molar-refractivity contribution in [1.82, 2.24) is 9.97 Å². The van der Waals surface area contributed by atoms with E-state index in [9.17, 15) is 0 Å². The van der Waals surface area contributed by atoms with E-state index in [0.717, 1.165) is 32.4 Å². The van der Waals surface area contributed by atoms with Crippen molar-refractivity contribution in [2.75, 3.05) is 11.9 Å². The summed E-state index contributed by atoms with van der Waals surface area (Å²) in [4.78, 5) is 11.0. The summed E-state index contributed by atoms with van der Waals surface area (Å²) in [5.41, 5.74) is 10.8. The van der Waals surface area contributed by atoms with Crippen molar-refractivity contribution in [3.63, 3.8) is 0 Å². The highest BCUT2D eigenvalue weighted by Crippen LogP contribution is 2.31. The molecule has 106 valence electrons. The lowest BCUT2D eigenvalue weighted by molar-refractivity contribution is 1.05. The molecule has 0 unspecified atom stereocenters. The quantitative estimate of drug-likeness (QED) is 0.789. The molecule has 1 aromatic carbocycles. The Balaban J connectivity index is 2.16. The summed E-state index contributed by atoms with van der Waals surface area (Å²) in [5.74, 6) is 0. The van der Waals surface area contributed by atoms with Crippen molar-refractivity contribution >= 4 is 38.3 Å². The lowest BCUT2D eigenvalue weighted by atomic mass is 10.1. The van der Waals surface area contributed by atoms with Gasteiger partial charge in [0.1, 0.15) is 5.52 Å². The molecule has 0 amide bonds. The number of para-hydroxylation sites is 1. The number of hydrogen-bond acceptors (Lipinski definition) is 4. The van der Waals surface area contributed by atoms with Crippen LogP contribution in [-0.2, 0) is 6.54 Å². The third kappa shape index (κ3) is 2.62. The Morgan fingerprint density at radius 2 is 1.95 bits per heavy atom. The largest absolute Gasteiger partial charge is 0.342 e. The molecule has 2 N–H and O–H groups in total. The number of fused-ring (bicyclic) bond motifs is 1. The first-order valence-corrected chi connectivity index (χ1v) is 7.42. The number of nitrogens with two attached hydrogens (primary N) is 1. The van der Waals surface area contributed by atoms with Crippen LogP contribution in [0.25, 0.3) is 11.0 Å². The molecule has 5 heteroatoms. The van der Waals surface area contributed by atoms with Crippen LogP contribution in [0.5, 0.6) is 0 Å². The monoisotopic (exact) mass is 342 g/mol. The molecule has 0 fully saturated rings. The Morgan fingerprint density at radius 3 is 2.76 bits per heavy atom. The molecule has 3 rings (SSSR count). The minimum Gasteiger partial charge on any atom is -0.342 e. The number of rotatable bonds is 3. The average Bonchev–Trinajstić information content (AvgIpc) is 2.53. The molecule has 21 heavy (non-hydrogen) atoms. The van der Waals surface area contributed by atoms with Gasteiger partial charge < -0.3 is 10.6 Å². The molecule has 0 atom stereocenters. The molecule has 0 aliphatic rings. The van der Waals surface area contributed by atoms with E-state index in [-0.39, 0.29) is 0 Å². The van der Waals surface area contributed by atoms with Crippen LogP contribution in [0.4, 0.5) is 11.4 Å². The van der Waals surface area contributed by atoms with E-state index >= 15 is 0 Å². The lowest BCUT2D eigenvalue weighted by Gasteiger charge is -2.23. The normalized spacial score (nSPS) is 10.8. The average molecular weight is 343 g/mol. The van der Waals surface area contributed by atoms with Crippen molar-refractivity contribution in [3.8, 4) is 0 Å². The van der Waals surface area contributed by atoms with Gasteiger partial charge >= 0.3 is 0 Å². The Bertz CT molecular complexity index is 788. The van der Waals surface area contributed by atoms with Crippen LogP contribution in [0.15, 0.2) is 53.3 Å². The molecule has 2 heterocycles. The Morgan fingerprint density at radius 1 is 1.14 bits per heavy atom. The number of benzene rings is 1. The van der Waals surface area contributed by atoms with Crippen molar-refractivity contribution < 1.29 is 0 Å². The molecule has 0 radical (unpaired) electrons. The van der Waals surface area contributed by atoms with Gasteiger partial charge in [-0.2, -0.15) is 0 Å². The van der Waals surface area contributed by atoms with Crippen LogP contribution < -0.4 is 10.6 Å². The maximum absolute atomic E-state index is 5.84. The maximum atomic E-state index is 5.84. The van der Waals surface area contributed by atoms with Crippen LogP contribution in [-0.4, -0.2) is 17.0 Å². The molecule has 0 aliphatic carbocycles. The van der Waals surface area contributed by atoms with Crippen LogP contribution in [0.1, 0.15) is 5.56 Å². The van der Waals surface area contributed by atoms with E-state index in [0.29, 0.717) is 6.54 Å². The van der Waals surface area contributed by atoms with E-state index in [4.69, 9.17) is 5.73 Å². The molecular formula is C16H15BrN4. The first-order valence-electron chi connectivity index (χ1n) is 6.62.